The molecule has 3 heteroatoms. The number of aromatic nitrogens is 2. The van der Waals surface area contributed by atoms with Crippen molar-refractivity contribution in [2.24, 2.45) is 0 Å². The minimum atomic E-state index is 0.888. The first-order valence-electron chi connectivity index (χ1n) is 8.73. The molecule has 0 aliphatic heterocycles. The first-order chi connectivity index (χ1) is 12.7. The highest BCUT2D eigenvalue weighted by Gasteiger charge is 2.16. The topological polar surface area (TPSA) is 31.0 Å². The zero-order valence-electron chi connectivity index (χ0n) is 14.7. The summed E-state index contributed by atoms with van der Waals surface area (Å²) in [4.78, 5) is 4.44. The van der Waals surface area contributed by atoms with Crippen LogP contribution in [0.4, 0.5) is 0 Å². The van der Waals surface area contributed by atoms with Crippen molar-refractivity contribution in [3.05, 3.63) is 84.3 Å². The quantitative estimate of drug-likeness (QED) is 0.392. The molecule has 0 aliphatic carbocycles. The fourth-order valence-corrected chi connectivity index (χ4v) is 3.81. The first kappa shape index (κ1) is 15.0. The Kier molecular flexibility index (Phi) is 3.22. The van der Waals surface area contributed by atoms with Crippen molar-refractivity contribution in [1.29, 1.82) is 0 Å². The molecule has 0 radical (unpaired) electrons. The Morgan fingerprint density at radius 3 is 2.38 bits per heavy atom. The van der Waals surface area contributed by atoms with Gasteiger partial charge >= 0.3 is 0 Å². The number of nitrogens with zero attached hydrogens (tertiary/aromatic N) is 2. The summed E-state index contributed by atoms with van der Waals surface area (Å²) in [6.07, 6.45) is 3.79. The molecule has 126 valence electrons. The van der Waals surface area contributed by atoms with E-state index in [9.17, 15) is 0 Å². The van der Waals surface area contributed by atoms with Gasteiger partial charge in [-0.25, -0.2) is 4.98 Å². The van der Waals surface area contributed by atoms with Crippen LogP contribution in [-0.2, 0) is 0 Å². The number of para-hydroxylation sites is 2. The van der Waals surface area contributed by atoms with Gasteiger partial charge in [0.2, 0.25) is 0 Å². The predicted molar refractivity (Wildman–Crippen MR) is 106 cm³/mol. The molecule has 0 fully saturated rings. The van der Waals surface area contributed by atoms with E-state index in [1.54, 1.807) is 0 Å². The van der Waals surface area contributed by atoms with Gasteiger partial charge in [-0.05, 0) is 37.1 Å². The molecule has 0 unspecified atom stereocenters. The lowest BCUT2D eigenvalue weighted by Gasteiger charge is -2.13. The molecular weight excluding hydrogens is 320 g/mol. The molecule has 0 atom stereocenters. The number of imidazole rings is 1. The third kappa shape index (κ3) is 2.10. The van der Waals surface area contributed by atoms with Crippen LogP contribution in [0.3, 0.4) is 0 Å². The lowest BCUT2D eigenvalue weighted by molar-refractivity contribution is 0.665. The molecule has 2 heterocycles. The normalized spacial score (nSPS) is 11.5. The number of benzene rings is 3. The van der Waals surface area contributed by atoms with Crippen LogP contribution in [0.1, 0.15) is 11.1 Å². The lowest BCUT2D eigenvalue weighted by atomic mass is 10.0. The maximum Gasteiger partial charge on any atom is 0.159 e. The number of aryl methyl sites for hydroxylation is 2. The van der Waals surface area contributed by atoms with Crippen molar-refractivity contribution >= 4 is 21.9 Å². The van der Waals surface area contributed by atoms with Crippen molar-refractivity contribution in [2.45, 2.75) is 13.8 Å². The van der Waals surface area contributed by atoms with Gasteiger partial charge in [0.05, 0.1) is 23.9 Å². The molecule has 5 aromatic rings. The Hall–Kier alpha value is -3.33. The van der Waals surface area contributed by atoms with Gasteiger partial charge in [0.15, 0.2) is 5.58 Å². The molecule has 0 saturated heterocycles. The number of furan rings is 1. The van der Waals surface area contributed by atoms with E-state index in [-0.39, 0.29) is 0 Å². The van der Waals surface area contributed by atoms with Crippen LogP contribution in [0, 0.1) is 13.8 Å². The van der Waals surface area contributed by atoms with Crippen molar-refractivity contribution in [1.82, 2.24) is 9.55 Å². The van der Waals surface area contributed by atoms with E-state index in [1.807, 2.05) is 30.7 Å². The highest BCUT2D eigenvalue weighted by atomic mass is 16.3. The zero-order valence-corrected chi connectivity index (χ0v) is 14.7. The Morgan fingerprint density at radius 1 is 0.808 bits per heavy atom. The standard InChI is InChI=1S/C23H18N2O/c1-15-7-5-8-16(2)22(15)20-13-24-14-25(20)19-11-6-10-18-17-9-3-4-12-21(17)26-23(18)19/h3-14H,1-2H3. The molecule has 3 nitrogen and oxygen atoms in total. The summed E-state index contributed by atoms with van der Waals surface area (Å²) in [5, 5.41) is 2.26. The summed E-state index contributed by atoms with van der Waals surface area (Å²) in [6.45, 7) is 4.28. The Bertz CT molecular complexity index is 1240. The van der Waals surface area contributed by atoms with E-state index < -0.39 is 0 Å². The van der Waals surface area contributed by atoms with Crippen LogP contribution >= 0.6 is 0 Å². The molecule has 3 aromatic carbocycles. The molecule has 0 spiro atoms. The summed E-state index contributed by atoms with van der Waals surface area (Å²) in [7, 11) is 0. The SMILES string of the molecule is Cc1cccc(C)c1-c1cncn1-c1cccc2c1oc1ccccc12. The van der Waals surface area contributed by atoms with Crippen molar-refractivity contribution in [2.75, 3.05) is 0 Å². The molecule has 0 N–H and O–H groups in total. The van der Waals surface area contributed by atoms with Gasteiger partial charge in [0, 0.05) is 16.3 Å². The zero-order chi connectivity index (χ0) is 17.7. The Morgan fingerprint density at radius 2 is 1.54 bits per heavy atom. The molecular formula is C23H18N2O. The maximum atomic E-state index is 6.21. The largest absolute Gasteiger partial charge is 0.454 e. The van der Waals surface area contributed by atoms with Gasteiger partial charge in [-0.2, -0.15) is 0 Å². The predicted octanol–water partition coefficient (Wildman–Crippen LogP) is 6.06. The van der Waals surface area contributed by atoms with E-state index in [0.29, 0.717) is 0 Å². The summed E-state index contributed by atoms with van der Waals surface area (Å²) in [6, 6.07) is 20.8. The van der Waals surface area contributed by atoms with Crippen molar-refractivity contribution in [3.8, 4) is 16.9 Å². The van der Waals surface area contributed by atoms with Crippen LogP contribution < -0.4 is 0 Å². The van der Waals surface area contributed by atoms with Crippen LogP contribution in [0.15, 0.2) is 77.6 Å². The minimum absolute atomic E-state index is 0.888. The molecule has 5 rings (SSSR count). The second kappa shape index (κ2) is 5.60. The average Bonchev–Trinajstić information content (AvgIpc) is 3.26. The van der Waals surface area contributed by atoms with E-state index in [0.717, 1.165) is 33.3 Å². The summed E-state index contributed by atoms with van der Waals surface area (Å²) >= 11 is 0. The average molecular weight is 338 g/mol. The van der Waals surface area contributed by atoms with Gasteiger partial charge in [0.25, 0.3) is 0 Å². The maximum absolute atomic E-state index is 6.21. The van der Waals surface area contributed by atoms with Crippen molar-refractivity contribution < 1.29 is 4.42 Å². The Balaban J connectivity index is 1.82. The Labute approximate surface area is 151 Å². The van der Waals surface area contributed by atoms with E-state index >= 15 is 0 Å². The second-order valence-corrected chi connectivity index (χ2v) is 6.67. The molecule has 26 heavy (non-hydrogen) atoms. The highest BCUT2D eigenvalue weighted by Crippen LogP contribution is 2.35. The number of fused-ring (bicyclic) bond motifs is 3. The van der Waals surface area contributed by atoms with Crippen LogP contribution in [0.5, 0.6) is 0 Å². The smallest absolute Gasteiger partial charge is 0.159 e. The van der Waals surface area contributed by atoms with Gasteiger partial charge < -0.3 is 4.42 Å². The third-order valence-corrected chi connectivity index (χ3v) is 5.02. The summed E-state index contributed by atoms with van der Waals surface area (Å²) < 4.78 is 8.34. The van der Waals surface area contributed by atoms with Gasteiger partial charge in [-0.15, -0.1) is 0 Å². The third-order valence-electron chi connectivity index (χ3n) is 5.02. The molecule has 0 aliphatic rings. The molecule has 2 aromatic heterocycles. The fraction of sp³-hybridized carbons (Fsp3) is 0.0870. The molecule has 0 amide bonds. The number of hydrogen-bond acceptors (Lipinski definition) is 2. The number of hydrogen-bond donors (Lipinski definition) is 0. The van der Waals surface area contributed by atoms with E-state index in [1.165, 1.54) is 16.7 Å². The minimum Gasteiger partial charge on any atom is -0.454 e. The molecule has 0 saturated carbocycles. The van der Waals surface area contributed by atoms with Crippen LogP contribution in [-0.4, -0.2) is 9.55 Å². The van der Waals surface area contributed by atoms with Crippen molar-refractivity contribution in [3.63, 3.8) is 0 Å². The number of rotatable bonds is 2. The summed E-state index contributed by atoms with van der Waals surface area (Å²) in [5.41, 5.74) is 7.58. The van der Waals surface area contributed by atoms with E-state index in [2.05, 4.69) is 65.9 Å². The van der Waals surface area contributed by atoms with E-state index in [4.69, 9.17) is 4.42 Å². The van der Waals surface area contributed by atoms with Crippen LogP contribution in [0.25, 0.3) is 38.9 Å². The van der Waals surface area contributed by atoms with Gasteiger partial charge in [-0.1, -0.05) is 48.5 Å². The first-order valence-corrected chi connectivity index (χ1v) is 8.73. The highest BCUT2D eigenvalue weighted by molar-refractivity contribution is 6.07. The second-order valence-electron chi connectivity index (χ2n) is 6.67. The lowest BCUT2D eigenvalue weighted by Crippen LogP contribution is -1.98. The van der Waals surface area contributed by atoms with Crippen LogP contribution in [0.2, 0.25) is 0 Å². The monoisotopic (exact) mass is 338 g/mol. The van der Waals surface area contributed by atoms with Gasteiger partial charge in [0.1, 0.15) is 5.58 Å². The fourth-order valence-electron chi connectivity index (χ4n) is 3.81. The molecule has 0 bridgehead atoms. The van der Waals surface area contributed by atoms with Gasteiger partial charge in [-0.3, -0.25) is 4.57 Å². The summed E-state index contributed by atoms with van der Waals surface area (Å²) in [5.74, 6) is 0.